The number of hydrogen-bond acceptors (Lipinski definition) is 5. The average molecular weight is 439 g/mol. The zero-order valence-corrected chi connectivity index (χ0v) is 17.6. The van der Waals surface area contributed by atoms with Crippen molar-refractivity contribution in [2.24, 2.45) is 0 Å². The first kappa shape index (κ1) is 20.3. The normalized spacial score (nSPS) is 14.9. The Labute approximate surface area is 182 Å². The minimum atomic E-state index is -2.86. The maximum absolute atomic E-state index is 13.1. The number of alkyl halides is 2. The Hall–Kier alpha value is -3.56. The Morgan fingerprint density at radius 1 is 1.25 bits per heavy atom. The molecule has 5 heterocycles. The van der Waals surface area contributed by atoms with E-state index in [1.54, 1.807) is 23.1 Å². The number of H-pyrrole nitrogens is 1. The summed E-state index contributed by atoms with van der Waals surface area (Å²) in [7, 11) is 0. The summed E-state index contributed by atoms with van der Waals surface area (Å²) in [6.07, 6.45) is 10.0. The predicted octanol–water partition coefficient (Wildman–Crippen LogP) is 3.97. The van der Waals surface area contributed by atoms with Crippen LogP contribution < -0.4 is 5.32 Å². The molecular formula is C22H23F2N7O. The monoisotopic (exact) mass is 439 g/mol. The number of nitrogens with zero attached hydrogens (tertiary/aromatic N) is 5. The molecule has 0 spiro atoms. The third-order valence-corrected chi connectivity index (χ3v) is 5.70. The van der Waals surface area contributed by atoms with Gasteiger partial charge in [0.2, 0.25) is 5.95 Å². The number of carbonyl (C=O) groups excluding carboxylic acids is 1. The number of piperidine rings is 1. The predicted molar refractivity (Wildman–Crippen MR) is 117 cm³/mol. The summed E-state index contributed by atoms with van der Waals surface area (Å²) in [6.45, 7) is 1.84. The van der Waals surface area contributed by atoms with Crippen molar-refractivity contribution in [1.82, 2.24) is 29.5 Å². The first-order valence-corrected chi connectivity index (χ1v) is 10.6. The number of nitrogens with one attached hydrogen (secondary N) is 2. The van der Waals surface area contributed by atoms with Gasteiger partial charge in [-0.1, -0.05) is 0 Å². The zero-order valence-electron chi connectivity index (χ0n) is 17.6. The van der Waals surface area contributed by atoms with Gasteiger partial charge in [0.15, 0.2) is 0 Å². The molecule has 8 nitrogen and oxygen atoms in total. The number of pyridine rings is 1. The van der Waals surface area contributed by atoms with Gasteiger partial charge in [-0.15, -0.1) is 0 Å². The quantitative estimate of drug-likeness (QED) is 0.491. The number of likely N-dealkylation sites (tertiary alicyclic amines) is 1. The van der Waals surface area contributed by atoms with Crippen LogP contribution in [-0.2, 0) is 0 Å². The van der Waals surface area contributed by atoms with Crippen molar-refractivity contribution in [3.63, 3.8) is 0 Å². The molecule has 1 amide bonds. The van der Waals surface area contributed by atoms with Gasteiger partial charge < -0.3 is 15.2 Å². The van der Waals surface area contributed by atoms with Crippen LogP contribution in [0.2, 0.25) is 0 Å². The zero-order chi connectivity index (χ0) is 22.3. The Bertz CT molecular complexity index is 1280. The van der Waals surface area contributed by atoms with Crippen LogP contribution in [0.4, 0.5) is 14.7 Å². The molecule has 4 aromatic heterocycles. The number of rotatable bonds is 5. The van der Waals surface area contributed by atoms with Gasteiger partial charge in [0.1, 0.15) is 5.65 Å². The second kappa shape index (κ2) is 7.85. The highest BCUT2D eigenvalue weighted by atomic mass is 19.3. The minimum absolute atomic E-state index is 0.00236. The molecule has 1 aliphatic rings. The fourth-order valence-corrected chi connectivity index (χ4v) is 4.05. The van der Waals surface area contributed by atoms with E-state index in [0.29, 0.717) is 11.2 Å². The maximum atomic E-state index is 13.1. The maximum Gasteiger partial charge on any atom is 0.262 e. The van der Waals surface area contributed by atoms with Crippen molar-refractivity contribution >= 4 is 28.4 Å². The number of aromatic amines is 1. The molecule has 0 aliphatic carbocycles. The van der Waals surface area contributed by atoms with Gasteiger partial charge in [-0.2, -0.15) is 10.1 Å². The van der Waals surface area contributed by atoms with E-state index in [4.69, 9.17) is 0 Å². The van der Waals surface area contributed by atoms with Gasteiger partial charge in [-0.3, -0.25) is 4.79 Å². The molecule has 0 bridgehead atoms. The molecule has 4 aromatic rings. The van der Waals surface area contributed by atoms with Crippen LogP contribution in [0.25, 0.3) is 27.7 Å². The summed E-state index contributed by atoms with van der Waals surface area (Å²) in [5.74, 6) is -2.72. The third-order valence-electron chi connectivity index (χ3n) is 5.70. The summed E-state index contributed by atoms with van der Waals surface area (Å²) < 4.78 is 27.9. The lowest BCUT2D eigenvalue weighted by atomic mass is 10.1. The van der Waals surface area contributed by atoms with Gasteiger partial charge in [0.25, 0.3) is 11.8 Å². The van der Waals surface area contributed by atoms with Crippen LogP contribution >= 0.6 is 0 Å². The van der Waals surface area contributed by atoms with Gasteiger partial charge in [-0.25, -0.2) is 18.3 Å². The fraction of sp³-hybridized carbons (Fsp3) is 0.364. The van der Waals surface area contributed by atoms with Crippen LogP contribution in [0, 0.1) is 0 Å². The molecule has 0 radical (unpaired) electrons. The molecule has 1 saturated heterocycles. The topological polar surface area (TPSA) is 91.2 Å². The molecule has 10 heteroatoms. The van der Waals surface area contributed by atoms with Gasteiger partial charge in [-0.05, 0) is 37.0 Å². The van der Waals surface area contributed by atoms with E-state index in [-0.39, 0.29) is 11.9 Å². The van der Waals surface area contributed by atoms with Crippen molar-refractivity contribution in [3.8, 4) is 11.1 Å². The highest BCUT2D eigenvalue weighted by Gasteiger charge is 2.23. The number of hydrogen-bond donors (Lipinski definition) is 2. The first-order valence-electron chi connectivity index (χ1n) is 10.6. The highest BCUT2D eigenvalue weighted by molar-refractivity contribution is 6.02. The van der Waals surface area contributed by atoms with E-state index in [1.807, 2.05) is 23.2 Å². The third kappa shape index (κ3) is 3.88. The molecule has 32 heavy (non-hydrogen) atoms. The van der Waals surface area contributed by atoms with E-state index in [9.17, 15) is 13.6 Å². The van der Waals surface area contributed by atoms with E-state index in [2.05, 4.69) is 25.4 Å². The van der Waals surface area contributed by atoms with Crippen molar-refractivity contribution < 1.29 is 13.6 Å². The SMILES string of the molecule is CC(F)(F)CNc1ncc2c(-c3ccn4ncc(C(=O)N5CCCCC5)c4c3)c[nH]c2n1. The fourth-order valence-electron chi connectivity index (χ4n) is 4.05. The molecule has 0 unspecified atom stereocenters. The van der Waals surface area contributed by atoms with Crippen molar-refractivity contribution in [3.05, 3.63) is 42.5 Å². The van der Waals surface area contributed by atoms with Crippen LogP contribution in [0.1, 0.15) is 36.5 Å². The molecule has 5 rings (SSSR count). The van der Waals surface area contributed by atoms with Crippen LogP contribution in [0.15, 0.2) is 36.9 Å². The molecule has 1 fully saturated rings. The number of aromatic nitrogens is 5. The summed E-state index contributed by atoms with van der Waals surface area (Å²) in [5.41, 5.74) is 3.58. The summed E-state index contributed by atoms with van der Waals surface area (Å²) >= 11 is 0. The van der Waals surface area contributed by atoms with Gasteiger partial charge in [0.05, 0.1) is 23.8 Å². The van der Waals surface area contributed by atoms with Crippen molar-refractivity contribution in [2.45, 2.75) is 32.1 Å². The number of carbonyl (C=O) groups is 1. The van der Waals surface area contributed by atoms with E-state index < -0.39 is 12.5 Å². The summed E-state index contributed by atoms with van der Waals surface area (Å²) in [5, 5.41) is 7.65. The first-order chi connectivity index (χ1) is 15.4. The van der Waals surface area contributed by atoms with Gasteiger partial charge >= 0.3 is 0 Å². The molecular weight excluding hydrogens is 416 g/mol. The number of amides is 1. The standard InChI is InChI=1S/C22H23F2N7O/c1-22(23,24)13-27-21-26-11-16-15(10-25-19(16)29-21)14-5-8-31-18(9-14)17(12-28-31)20(32)30-6-3-2-4-7-30/h5,8-12H,2-4,6-7,13H2,1H3,(H2,25,26,27,29). The van der Waals surface area contributed by atoms with E-state index in [1.165, 1.54) is 0 Å². The Balaban J connectivity index is 1.47. The number of anilines is 1. The molecule has 2 N–H and O–H groups in total. The minimum Gasteiger partial charge on any atom is -0.348 e. The summed E-state index contributed by atoms with van der Waals surface area (Å²) in [4.78, 5) is 26.5. The van der Waals surface area contributed by atoms with Crippen molar-refractivity contribution in [2.75, 3.05) is 25.0 Å². The Kier molecular flexibility index (Phi) is 4.99. The lowest BCUT2D eigenvalue weighted by Crippen LogP contribution is -2.35. The number of fused-ring (bicyclic) bond motifs is 2. The second-order valence-electron chi connectivity index (χ2n) is 8.24. The van der Waals surface area contributed by atoms with Gasteiger partial charge in [0, 0.05) is 49.6 Å². The Morgan fingerprint density at radius 2 is 2.06 bits per heavy atom. The molecule has 166 valence electrons. The van der Waals surface area contributed by atoms with E-state index >= 15 is 0 Å². The van der Waals surface area contributed by atoms with E-state index in [0.717, 1.165) is 61.3 Å². The molecule has 0 atom stereocenters. The van der Waals surface area contributed by atoms with Crippen LogP contribution in [-0.4, -0.2) is 60.9 Å². The average Bonchev–Trinajstić information content (AvgIpc) is 3.40. The lowest BCUT2D eigenvalue weighted by Gasteiger charge is -2.26. The molecule has 0 aromatic carbocycles. The molecule has 0 saturated carbocycles. The molecule has 1 aliphatic heterocycles. The van der Waals surface area contributed by atoms with Crippen LogP contribution in [0.5, 0.6) is 0 Å². The second-order valence-corrected chi connectivity index (χ2v) is 8.24. The summed E-state index contributed by atoms with van der Waals surface area (Å²) in [6, 6.07) is 3.83. The largest absolute Gasteiger partial charge is 0.348 e. The lowest BCUT2D eigenvalue weighted by molar-refractivity contribution is 0.0366. The van der Waals surface area contributed by atoms with Crippen LogP contribution in [0.3, 0.4) is 0 Å². The number of halogens is 2. The highest BCUT2D eigenvalue weighted by Crippen LogP contribution is 2.30. The smallest absolute Gasteiger partial charge is 0.262 e. The van der Waals surface area contributed by atoms with Crippen molar-refractivity contribution in [1.29, 1.82) is 0 Å². The Morgan fingerprint density at radius 3 is 2.84 bits per heavy atom.